The molecule has 0 radical (unpaired) electrons. The van der Waals surface area contributed by atoms with Gasteiger partial charge in [0.05, 0.1) is 6.04 Å². The summed E-state index contributed by atoms with van der Waals surface area (Å²) in [5.41, 5.74) is 5.53. The van der Waals surface area contributed by atoms with Crippen molar-refractivity contribution in [1.29, 1.82) is 0 Å². The number of carbonyl (C=O) groups excluding carboxylic acids is 1. The molecule has 0 aliphatic carbocycles. The number of hydrogen-bond acceptors (Lipinski definition) is 4. The van der Waals surface area contributed by atoms with Crippen LogP contribution in [0.3, 0.4) is 0 Å². The number of rotatable bonds is 5. The van der Waals surface area contributed by atoms with Gasteiger partial charge in [-0.15, -0.1) is 23.7 Å². The van der Waals surface area contributed by atoms with E-state index in [0.29, 0.717) is 5.92 Å². The average molecular weight is 318 g/mol. The van der Waals surface area contributed by atoms with Gasteiger partial charge >= 0.3 is 0 Å². The highest BCUT2D eigenvalue weighted by atomic mass is 35.5. The van der Waals surface area contributed by atoms with Crippen molar-refractivity contribution < 1.29 is 4.79 Å². The Kier molecular flexibility index (Phi) is 7.51. The Bertz CT molecular complexity index is 389. The van der Waals surface area contributed by atoms with E-state index in [4.69, 9.17) is 5.73 Å². The molecule has 6 heteroatoms. The van der Waals surface area contributed by atoms with E-state index in [1.165, 1.54) is 4.88 Å². The quantitative estimate of drug-likeness (QED) is 0.871. The second kappa shape index (κ2) is 8.62. The maximum absolute atomic E-state index is 11.4. The number of thiophene rings is 1. The standard InChI is InChI=1S/C14H23N3OS.ClH/c1-11(15)14(18)16-9-12-4-6-17(7-5-12)10-13-3-2-8-19-13;/h2-3,8,11-12H,4-7,9-10,15H2,1H3,(H,16,18);1H. The van der Waals surface area contributed by atoms with E-state index in [1.807, 2.05) is 11.3 Å². The molecular weight excluding hydrogens is 294 g/mol. The fourth-order valence-corrected chi connectivity index (χ4v) is 3.12. The molecule has 1 aromatic heterocycles. The van der Waals surface area contributed by atoms with Crippen molar-refractivity contribution in [2.24, 2.45) is 11.7 Å². The molecule has 3 N–H and O–H groups in total. The third-order valence-electron chi connectivity index (χ3n) is 3.65. The summed E-state index contributed by atoms with van der Waals surface area (Å²) in [5, 5.41) is 5.06. The Balaban J connectivity index is 0.00000200. The maximum atomic E-state index is 11.4. The van der Waals surface area contributed by atoms with Crippen LogP contribution in [0.4, 0.5) is 0 Å². The normalized spacial score (nSPS) is 18.3. The largest absolute Gasteiger partial charge is 0.354 e. The van der Waals surface area contributed by atoms with Crippen LogP contribution < -0.4 is 11.1 Å². The van der Waals surface area contributed by atoms with Crippen molar-refractivity contribution in [1.82, 2.24) is 10.2 Å². The molecule has 0 bridgehead atoms. The Morgan fingerprint density at radius 2 is 2.25 bits per heavy atom. The number of carbonyl (C=O) groups is 1. The van der Waals surface area contributed by atoms with E-state index in [9.17, 15) is 4.79 Å². The van der Waals surface area contributed by atoms with Crippen molar-refractivity contribution in [3.8, 4) is 0 Å². The van der Waals surface area contributed by atoms with Gasteiger partial charge in [-0.3, -0.25) is 9.69 Å². The minimum atomic E-state index is -0.404. The van der Waals surface area contributed by atoms with Crippen molar-refractivity contribution in [2.75, 3.05) is 19.6 Å². The van der Waals surface area contributed by atoms with Gasteiger partial charge in [0.2, 0.25) is 5.91 Å². The highest BCUT2D eigenvalue weighted by molar-refractivity contribution is 7.09. The first kappa shape index (κ1) is 17.4. The lowest BCUT2D eigenvalue weighted by Crippen LogP contribution is -2.43. The van der Waals surface area contributed by atoms with E-state index in [0.717, 1.165) is 39.0 Å². The molecule has 20 heavy (non-hydrogen) atoms. The summed E-state index contributed by atoms with van der Waals surface area (Å²) in [6.07, 6.45) is 2.31. The molecule has 1 saturated heterocycles. The van der Waals surface area contributed by atoms with Crippen LogP contribution in [0, 0.1) is 5.92 Å². The minimum absolute atomic E-state index is 0. The van der Waals surface area contributed by atoms with Gasteiger partial charge in [0, 0.05) is 18.0 Å². The molecule has 0 aromatic carbocycles. The van der Waals surface area contributed by atoms with Gasteiger partial charge < -0.3 is 11.1 Å². The third kappa shape index (κ3) is 5.40. The number of nitrogens with zero attached hydrogens (tertiary/aromatic N) is 1. The molecule has 1 aliphatic rings. The van der Waals surface area contributed by atoms with E-state index in [-0.39, 0.29) is 18.3 Å². The van der Waals surface area contributed by atoms with Crippen LogP contribution in [0.15, 0.2) is 17.5 Å². The molecular formula is C14H24ClN3OS. The summed E-state index contributed by atoms with van der Waals surface area (Å²) in [7, 11) is 0. The van der Waals surface area contributed by atoms with Gasteiger partial charge in [0.15, 0.2) is 0 Å². The lowest BCUT2D eigenvalue weighted by molar-refractivity contribution is -0.122. The number of piperidine rings is 1. The van der Waals surface area contributed by atoms with Crippen molar-refractivity contribution in [3.63, 3.8) is 0 Å². The molecule has 1 aromatic rings. The number of nitrogens with one attached hydrogen (secondary N) is 1. The Hall–Kier alpha value is -0.620. The summed E-state index contributed by atoms with van der Waals surface area (Å²) in [4.78, 5) is 15.3. The number of halogens is 1. The minimum Gasteiger partial charge on any atom is -0.354 e. The first-order valence-electron chi connectivity index (χ1n) is 6.93. The molecule has 114 valence electrons. The van der Waals surface area contributed by atoms with E-state index >= 15 is 0 Å². The molecule has 0 saturated carbocycles. The van der Waals surface area contributed by atoms with Gasteiger partial charge in [-0.2, -0.15) is 0 Å². The van der Waals surface area contributed by atoms with Crippen LogP contribution >= 0.6 is 23.7 Å². The number of likely N-dealkylation sites (tertiary alicyclic amines) is 1. The molecule has 1 atom stereocenters. The second-order valence-corrected chi connectivity index (χ2v) is 6.36. The van der Waals surface area contributed by atoms with Gasteiger partial charge in [-0.1, -0.05) is 6.07 Å². The second-order valence-electron chi connectivity index (χ2n) is 5.33. The number of nitrogens with two attached hydrogens (primary N) is 1. The Labute approximate surface area is 131 Å². The SMILES string of the molecule is CC(N)C(=O)NCC1CCN(Cc2cccs2)CC1.Cl. The highest BCUT2D eigenvalue weighted by Gasteiger charge is 2.20. The van der Waals surface area contributed by atoms with Crippen molar-refractivity contribution in [2.45, 2.75) is 32.4 Å². The van der Waals surface area contributed by atoms with Crippen LogP contribution in [-0.4, -0.2) is 36.5 Å². The zero-order valence-electron chi connectivity index (χ0n) is 11.9. The van der Waals surface area contributed by atoms with E-state index < -0.39 is 6.04 Å². The number of hydrogen-bond donors (Lipinski definition) is 2. The average Bonchev–Trinajstić information content (AvgIpc) is 2.90. The molecule has 2 heterocycles. The fraction of sp³-hybridized carbons (Fsp3) is 0.643. The third-order valence-corrected chi connectivity index (χ3v) is 4.51. The molecule has 2 rings (SSSR count). The zero-order chi connectivity index (χ0) is 13.7. The molecule has 1 fully saturated rings. The molecule has 1 amide bonds. The Morgan fingerprint density at radius 1 is 1.55 bits per heavy atom. The van der Waals surface area contributed by atoms with Gasteiger partial charge in [0.1, 0.15) is 0 Å². The first-order valence-corrected chi connectivity index (χ1v) is 7.81. The predicted molar refractivity (Wildman–Crippen MR) is 86.2 cm³/mol. The molecule has 4 nitrogen and oxygen atoms in total. The van der Waals surface area contributed by atoms with Gasteiger partial charge in [-0.25, -0.2) is 0 Å². The molecule has 1 aliphatic heterocycles. The van der Waals surface area contributed by atoms with E-state index in [2.05, 4.69) is 27.7 Å². The van der Waals surface area contributed by atoms with E-state index in [1.54, 1.807) is 6.92 Å². The molecule has 0 spiro atoms. The summed E-state index contributed by atoms with van der Waals surface area (Å²) in [5.74, 6) is 0.559. The predicted octanol–water partition coefficient (Wildman–Crippen LogP) is 1.85. The summed E-state index contributed by atoms with van der Waals surface area (Å²) in [6.45, 7) is 5.80. The van der Waals surface area contributed by atoms with Crippen molar-refractivity contribution >= 4 is 29.7 Å². The summed E-state index contributed by atoms with van der Waals surface area (Å²) >= 11 is 1.82. The lowest BCUT2D eigenvalue weighted by atomic mass is 9.96. The monoisotopic (exact) mass is 317 g/mol. The maximum Gasteiger partial charge on any atom is 0.236 e. The first-order chi connectivity index (χ1) is 9.15. The fourth-order valence-electron chi connectivity index (χ4n) is 2.38. The highest BCUT2D eigenvalue weighted by Crippen LogP contribution is 2.20. The summed E-state index contributed by atoms with van der Waals surface area (Å²) < 4.78 is 0. The van der Waals surface area contributed by atoms with Crippen LogP contribution in [0.2, 0.25) is 0 Å². The van der Waals surface area contributed by atoms with Gasteiger partial charge in [0.25, 0.3) is 0 Å². The smallest absolute Gasteiger partial charge is 0.236 e. The van der Waals surface area contributed by atoms with Crippen molar-refractivity contribution in [3.05, 3.63) is 22.4 Å². The zero-order valence-corrected chi connectivity index (χ0v) is 13.5. The van der Waals surface area contributed by atoms with Crippen LogP contribution in [0.5, 0.6) is 0 Å². The molecule has 1 unspecified atom stereocenters. The topological polar surface area (TPSA) is 58.4 Å². The van der Waals surface area contributed by atoms with Crippen LogP contribution in [-0.2, 0) is 11.3 Å². The summed E-state index contributed by atoms with van der Waals surface area (Å²) in [6, 6.07) is 3.90. The van der Waals surface area contributed by atoms with Crippen LogP contribution in [0.25, 0.3) is 0 Å². The van der Waals surface area contributed by atoms with Crippen LogP contribution in [0.1, 0.15) is 24.6 Å². The lowest BCUT2D eigenvalue weighted by Gasteiger charge is -2.31. The van der Waals surface area contributed by atoms with Gasteiger partial charge in [-0.05, 0) is 50.2 Å². The Morgan fingerprint density at radius 3 is 2.80 bits per heavy atom. The number of amides is 1.